The summed E-state index contributed by atoms with van der Waals surface area (Å²) >= 11 is 0. The van der Waals surface area contributed by atoms with Gasteiger partial charge in [-0.1, -0.05) is 51.1 Å². The van der Waals surface area contributed by atoms with Gasteiger partial charge in [-0.05, 0) is 40.7 Å². The lowest BCUT2D eigenvalue weighted by molar-refractivity contribution is 0.161. The summed E-state index contributed by atoms with van der Waals surface area (Å²) in [5, 5.41) is 6.18. The smallest absolute Gasteiger partial charge is 0.315 e. The van der Waals surface area contributed by atoms with Crippen molar-refractivity contribution in [2.24, 2.45) is 5.41 Å². The number of nitrogens with one attached hydrogen (secondary N) is 2. The molecule has 0 bridgehead atoms. The van der Waals surface area contributed by atoms with E-state index < -0.39 is 0 Å². The first-order valence-corrected chi connectivity index (χ1v) is 10.6. The van der Waals surface area contributed by atoms with Crippen LogP contribution >= 0.6 is 0 Å². The summed E-state index contributed by atoms with van der Waals surface area (Å²) in [4.78, 5) is 15.1. The molecule has 2 aliphatic heterocycles. The van der Waals surface area contributed by atoms with Crippen molar-refractivity contribution in [2.75, 3.05) is 19.9 Å². The number of hydrogen-bond acceptors (Lipinski definition) is 4. The Balaban J connectivity index is 1.33. The van der Waals surface area contributed by atoms with Gasteiger partial charge in [0.1, 0.15) is 0 Å². The van der Waals surface area contributed by atoms with Gasteiger partial charge in [-0.15, -0.1) is 0 Å². The Morgan fingerprint density at radius 1 is 1.10 bits per heavy atom. The van der Waals surface area contributed by atoms with Gasteiger partial charge < -0.3 is 20.1 Å². The van der Waals surface area contributed by atoms with E-state index in [4.69, 9.17) is 9.47 Å². The normalized spacial score (nSPS) is 16.6. The molecule has 2 aromatic rings. The topological polar surface area (TPSA) is 62.8 Å². The first-order chi connectivity index (χ1) is 14.4. The SMILES string of the molecule is CC(C)(C)[C@H](CN1CCc2ccccc2C1)NC(=O)NCc1ccc2c(c1)OCO2. The van der Waals surface area contributed by atoms with Crippen LogP contribution in [0.25, 0.3) is 0 Å². The summed E-state index contributed by atoms with van der Waals surface area (Å²) in [6.07, 6.45) is 1.06. The summed E-state index contributed by atoms with van der Waals surface area (Å²) in [7, 11) is 0. The van der Waals surface area contributed by atoms with Crippen molar-refractivity contribution in [3.05, 3.63) is 59.2 Å². The minimum absolute atomic E-state index is 0.0412. The molecule has 2 aromatic carbocycles. The molecular formula is C24H31N3O3. The highest BCUT2D eigenvalue weighted by molar-refractivity contribution is 5.74. The molecule has 2 aliphatic rings. The number of ether oxygens (including phenoxy) is 2. The van der Waals surface area contributed by atoms with Crippen LogP contribution in [0.2, 0.25) is 0 Å². The van der Waals surface area contributed by atoms with Crippen LogP contribution in [0.5, 0.6) is 11.5 Å². The first kappa shape index (κ1) is 20.5. The molecule has 4 rings (SSSR count). The van der Waals surface area contributed by atoms with Crippen LogP contribution < -0.4 is 20.1 Å². The van der Waals surface area contributed by atoms with Gasteiger partial charge in [-0.2, -0.15) is 0 Å². The third-order valence-electron chi connectivity index (χ3n) is 5.89. The fourth-order valence-electron chi connectivity index (χ4n) is 3.95. The molecule has 0 aromatic heterocycles. The molecule has 160 valence electrons. The number of carbonyl (C=O) groups is 1. The number of amides is 2. The van der Waals surface area contributed by atoms with Gasteiger partial charge in [0, 0.05) is 32.2 Å². The van der Waals surface area contributed by atoms with Gasteiger partial charge in [0.15, 0.2) is 11.5 Å². The zero-order chi connectivity index (χ0) is 21.1. The Hall–Kier alpha value is -2.73. The number of carbonyl (C=O) groups excluding carboxylic acids is 1. The summed E-state index contributed by atoms with van der Waals surface area (Å²) in [6.45, 7) is 10.00. The average Bonchev–Trinajstić information content (AvgIpc) is 3.19. The van der Waals surface area contributed by atoms with E-state index in [9.17, 15) is 4.79 Å². The first-order valence-electron chi connectivity index (χ1n) is 10.6. The molecule has 1 atom stereocenters. The van der Waals surface area contributed by atoms with Crippen LogP contribution in [0.1, 0.15) is 37.5 Å². The summed E-state index contributed by atoms with van der Waals surface area (Å²) in [6, 6.07) is 14.3. The van der Waals surface area contributed by atoms with Gasteiger partial charge in [0.2, 0.25) is 6.79 Å². The second-order valence-electron chi connectivity index (χ2n) is 9.19. The van der Waals surface area contributed by atoms with Gasteiger partial charge in [-0.25, -0.2) is 4.79 Å². The second kappa shape index (κ2) is 8.56. The molecule has 0 unspecified atom stereocenters. The number of rotatable bonds is 5. The summed E-state index contributed by atoms with van der Waals surface area (Å²) in [5.74, 6) is 1.48. The molecule has 2 N–H and O–H groups in total. The minimum Gasteiger partial charge on any atom is -0.454 e. The molecule has 30 heavy (non-hydrogen) atoms. The molecule has 2 heterocycles. The van der Waals surface area contributed by atoms with E-state index in [2.05, 4.69) is 60.6 Å². The second-order valence-corrected chi connectivity index (χ2v) is 9.19. The van der Waals surface area contributed by atoms with Gasteiger partial charge in [0.25, 0.3) is 0 Å². The number of hydrogen-bond donors (Lipinski definition) is 2. The lowest BCUT2D eigenvalue weighted by Gasteiger charge is -2.37. The standard InChI is InChI=1S/C24H31N3O3/c1-24(2,3)22(15-27-11-10-18-6-4-5-7-19(18)14-27)26-23(28)25-13-17-8-9-20-21(12-17)30-16-29-20/h4-9,12,22H,10-11,13-16H2,1-3H3,(H2,25,26,28)/t22-/m0/s1. The highest BCUT2D eigenvalue weighted by Gasteiger charge is 2.29. The van der Waals surface area contributed by atoms with E-state index in [0.29, 0.717) is 6.54 Å². The third-order valence-corrected chi connectivity index (χ3v) is 5.89. The van der Waals surface area contributed by atoms with Gasteiger partial charge >= 0.3 is 6.03 Å². The molecule has 0 saturated heterocycles. The Kier molecular flexibility index (Phi) is 5.86. The lowest BCUT2D eigenvalue weighted by atomic mass is 9.86. The predicted octanol–water partition coefficient (Wildman–Crippen LogP) is 3.69. The summed E-state index contributed by atoms with van der Waals surface area (Å²) < 4.78 is 10.7. The predicted molar refractivity (Wildman–Crippen MR) is 117 cm³/mol. The van der Waals surface area contributed by atoms with Crippen molar-refractivity contribution in [1.29, 1.82) is 0 Å². The van der Waals surface area contributed by atoms with Crippen molar-refractivity contribution in [3.63, 3.8) is 0 Å². The largest absolute Gasteiger partial charge is 0.454 e. The lowest BCUT2D eigenvalue weighted by Crippen LogP contribution is -2.53. The third kappa shape index (κ3) is 4.87. The van der Waals surface area contributed by atoms with Crippen molar-refractivity contribution < 1.29 is 14.3 Å². The van der Waals surface area contributed by atoms with Crippen LogP contribution in [-0.4, -0.2) is 36.9 Å². The molecule has 6 heteroatoms. The minimum atomic E-state index is -0.148. The molecule has 0 aliphatic carbocycles. The van der Waals surface area contributed by atoms with Crippen LogP contribution in [0.4, 0.5) is 4.79 Å². The Labute approximate surface area is 178 Å². The number of benzene rings is 2. The highest BCUT2D eigenvalue weighted by Crippen LogP contribution is 2.32. The molecule has 0 radical (unpaired) electrons. The number of fused-ring (bicyclic) bond motifs is 2. The Morgan fingerprint density at radius 3 is 2.67 bits per heavy atom. The van der Waals surface area contributed by atoms with E-state index >= 15 is 0 Å². The molecule has 0 fully saturated rings. The van der Waals surface area contributed by atoms with Crippen LogP contribution in [0, 0.1) is 5.41 Å². The van der Waals surface area contributed by atoms with Gasteiger partial charge in [0.05, 0.1) is 0 Å². The van der Waals surface area contributed by atoms with E-state index in [1.807, 2.05) is 18.2 Å². The van der Waals surface area contributed by atoms with Crippen molar-refractivity contribution in [2.45, 2.75) is 46.3 Å². The maximum absolute atomic E-state index is 12.7. The van der Waals surface area contributed by atoms with Crippen molar-refractivity contribution in [3.8, 4) is 11.5 Å². The number of urea groups is 1. The zero-order valence-corrected chi connectivity index (χ0v) is 18.0. The molecule has 6 nitrogen and oxygen atoms in total. The molecule has 2 amide bonds. The molecule has 0 spiro atoms. The van der Waals surface area contributed by atoms with Crippen molar-refractivity contribution in [1.82, 2.24) is 15.5 Å². The maximum atomic E-state index is 12.7. The Bertz CT molecular complexity index is 907. The number of nitrogens with zero attached hydrogens (tertiary/aromatic N) is 1. The highest BCUT2D eigenvalue weighted by atomic mass is 16.7. The van der Waals surface area contributed by atoms with E-state index in [-0.39, 0.29) is 24.3 Å². The van der Waals surface area contributed by atoms with Crippen LogP contribution in [0.3, 0.4) is 0 Å². The van der Waals surface area contributed by atoms with Crippen LogP contribution in [0.15, 0.2) is 42.5 Å². The monoisotopic (exact) mass is 409 g/mol. The molecule has 0 saturated carbocycles. The zero-order valence-electron chi connectivity index (χ0n) is 18.0. The van der Waals surface area contributed by atoms with Crippen LogP contribution in [-0.2, 0) is 19.5 Å². The molecular weight excluding hydrogens is 378 g/mol. The quantitative estimate of drug-likeness (QED) is 0.791. The van der Waals surface area contributed by atoms with Gasteiger partial charge in [-0.3, -0.25) is 4.90 Å². The average molecular weight is 410 g/mol. The Morgan fingerprint density at radius 2 is 1.87 bits per heavy atom. The van der Waals surface area contributed by atoms with E-state index in [1.54, 1.807) is 0 Å². The maximum Gasteiger partial charge on any atom is 0.315 e. The fraction of sp³-hybridized carbons (Fsp3) is 0.458. The fourth-order valence-corrected chi connectivity index (χ4v) is 3.95. The van der Waals surface area contributed by atoms with E-state index in [0.717, 1.165) is 43.1 Å². The summed E-state index contributed by atoms with van der Waals surface area (Å²) in [5.41, 5.74) is 3.76. The van der Waals surface area contributed by atoms with Crippen molar-refractivity contribution >= 4 is 6.03 Å². The van der Waals surface area contributed by atoms with E-state index in [1.165, 1.54) is 11.1 Å².